The summed E-state index contributed by atoms with van der Waals surface area (Å²) in [5, 5.41) is 0.599. The molecule has 0 bridgehead atoms. The van der Waals surface area contributed by atoms with Crippen molar-refractivity contribution in [1.82, 2.24) is 0 Å². The van der Waals surface area contributed by atoms with Crippen molar-refractivity contribution in [2.45, 2.75) is 0 Å². The monoisotopic (exact) mass is 248 g/mol. The first-order valence-electron chi connectivity index (χ1n) is 6.04. The van der Waals surface area contributed by atoms with Crippen LogP contribution in [-0.2, 0) is 0 Å². The van der Waals surface area contributed by atoms with Gasteiger partial charge in [0, 0.05) is 11.6 Å². The summed E-state index contributed by atoms with van der Waals surface area (Å²) in [5.41, 5.74) is 2.39. The third-order valence-electron chi connectivity index (χ3n) is 3.08. The third kappa shape index (κ3) is 1.97. The number of para-hydroxylation sites is 1. The largest absolute Gasteiger partial charge is 0.456 e. The first-order chi connectivity index (χ1) is 9.29. The van der Waals surface area contributed by atoms with Crippen LogP contribution in [0.2, 0.25) is 0 Å². The van der Waals surface area contributed by atoms with E-state index in [0.717, 1.165) is 11.1 Å². The van der Waals surface area contributed by atoms with E-state index in [9.17, 15) is 4.79 Å². The Balaban J connectivity index is 2.32. The maximum Gasteiger partial charge on any atom is 0.193 e. The molecule has 0 radical (unpaired) electrons. The molecule has 92 valence electrons. The highest BCUT2D eigenvalue weighted by molar-refractivity contribution is 5.80. The minimum absolute atomic E-state index is 0.0317. The first kappa shape index (κ1) is 11.5. The summed E-state index contributed by atoms with van der Waals surface area (Å²) >= 11 is 0. The van der Waals surface area contributed by atoms with E-state index in [1.807, 2.05) is 36.4 Å². The van der Waals surface area contributed by atoms with Crippen LogP contribution in [0.15, 0.2) is 70.4 Å². The lowest BCUT2D eigenvalue weighted by atomic mass is 10.0. The zero-order chi connectivity index (χ0) is 13.2. The normalized spacial score (nSPS) is 10.5. The molecule has 0 aliphatic carbocycles. The van der Waals surface area contributed by atoms with E-state index in [1.54, 1.807) is 18.2 Å². The zero-order valence-corrected chi connectivity index (χ0v) is 10.3. The summed E-state index contributed by atoms with van der Waals surface area (Å²) in [7, 11) is 0. The van der Waals surface area contributed by atoms with Crippen LogP contribution in [0.3, 0.4) is 0 Å². The lowest BCUT2D eigenvalue weighted by Crippen LogP contribution is -2.00. The van der Waals surface area contributed by atoms with E-state index in [4.69, 9.17) is 4.42 Å². The van der Waals surface area contributed by atoms with Crippen molar-refractivity contribution in [2.75, 3.05) is 0 Å². The molecule has 2 heteroatoms. The van der Waals surface area contributed by atoms with Gasteiger partial charge in [0.2, 0.25) is 0 Å². The molecule has 3 aromatic rings. The molecular formula is C17H12O2. The number of fused-ring (bicyclic) bond motifs is 1. The minimum atomic E-state index is -0.0317. The zero-order valence-electron chi connectivity index (χ0n) is 10.3. The second kappa shape index (κ2) is 4.58. The summed E-state index contributed by atoms with van der Waals surface area (Å²) in [5.74, 6) is 0.569. The van der Waals surface area contributed by atoms with Crippen LogP contribution in [0.25, 0.3) is 28.4 Å². The number of hydrogen-bond donors (Lipinski definition) is 0. The molecule has 0 aliphatic rings. The predicted octanol–water partition coefficient (Wildman–Crippen LogP) is 4.10. The highest BCUT2D eigenvalue weighted by Crippen LogP contribution is 2.25. The van der Waals surface area contributed by atoms with E-state index < -0.39 is 0 Å². The Labute approximate surface area is 110 Å². The SMILES string of the molecule is C=Cc1ccccc1-c1cc(=O)c2ccccc2o1. The van der Waals surface area contributed by atoms with Crippen molar-refractivity contribution >= 4 is 17.0 Å². The van der Waals surface area contributed by atoms with Gasteiger partial charge in [-0.25, -0.2) is 0 Å². The molecule has 1 aromatic heterocycles. The first-order valence-corrected chi connectivity index (χ1v) is 6.04. The molecule has 2 aromatic carbocycles. The lowest BCUT2D eigenvalue weighted by Gasteiger charge is -2.06. The van der Waals surface area contributed by atoms with Crippen molar-refractivity contribution in [2.24, 2.45) is 0 Å². The van der Waals surface area contributed by atoms with Crippen molar-refractivity contribution in [3.63, 3.8) is 0 Å². The quantitative estimate of drug-likeness (QED) is 0.683. The van der Waals surface area contributed by atoms with Gasteiger partial charge in [-0.05, 0) is 17.7 Å². The Kier molecular flexibility index (Phi) is 2.76. The van der Waals surface area contributed by atoms with Crippen LogP contribution in [0.1, 0.15) is 5.56 Å². The minimum Gasteiger partial charge on any atom is -0.456 e. The average molecular weight is 248 g/mol. The smallest absolute Gasteiger partial charge is 0.193 e. The lowest BCUT2D eigenvalue weighted by molar-refractivity contribution is 0.619. The van der Waals surface area contributed by atoms with Crippen LogP contribution < -0.4 is 5.43 Å². The molecule has 0 aliphatic heterocycles. The fraction of sp³-hybridized carbons (Fsp3) is 0. The van der Waals surface area contributed by atoms with Crippen LogP contribution in [0, 0.1) is 0 Å². The highest BCUT2D eigenvalue weighted by atomic mass is 16.3. The van der Waals surface area contributed by atoms with Crippen molar-refractivity contribution < 1.29 is 4.42 Å². The van der Waals surface area contributed by atoms with Gasteiger partial charge in [-0.1, -0.05) is 49.1 Å². The van der Waals surface area contributed by atoms with Crippen molar-refractivity contribution in [1.29, 1.82) is 0 Å². The second-order valence-corrected chi connectivity index (χ2v) is 4.26. The molecule has 2 nitrogen and oxygen atoms in total. The molecule has 0 saturated carbocycles. The Hall–Kier alpha value is -2.61. The molecule has 0 saturated heterocycles. The van der Waals surface area contributed by atoms with Gasteiger partial charge < -0.3 is 4.42 Å². The molecule has 3 rings (SSSR count). The summed E-state index contributed by atoms with van der Waals surface area (Å²) < 4.78 is 5.82. The summed E-state index contributed by atoms with van der Waals surface area (Å²) in [6, 6.07) is 16.5. The standard InChI is InChI=1S/C17H12O2/c1-2-12-7-3-4-8-13(12)17-11-15(18)14-9-5-6-10-16(14)19-17/h2-11H,1H2. The third-order valence-corrected chi connectivity index (χ3v) is 3.08. The molecule has 0 spiro atoms. The molecule has 19 heavy (non-hydrogen) atoms. The number of rotatable bonds is 2. The Bertz CT molecular complexity index is 813. The van der Waals surface area contributed by atoms with Gasteiger partial charge >= 0.3 is 0 Å². The molecule has 0 unspecified atom stereocenters. The summed E-state index contributed by atoms with van der Waals surface area (Å²) in [6.45, 7) is 3.78. The topological polar surface area (TPSA) is 30.2 Å². The maximum atomic E-state index is 12.1. The van der Waals surface area contributed by atoms with Gasteiger partial charge in [-0.3, -0.25) is 4.79 Å². The van der Waals surface area contributed by atoms with Gasteiger partial charge in [0.1, 0.15) is 11.3 Å². The fourth-order valence-corrected chi connectivity index (χ4v) is 2.14. The number of benzene rings is 2. The average Bonchev–Trinajstić information content (AvgIpc) is 2.47. The van der Waals surface area contributed by atoms with E-state index >= 15 is 0 Å². The van der Waals surface area contributed by atoms with Crippen LogP contribution >= 0.6 is 0 Å². The summed E-state index contributed by atoms with van der Waals surface area (Å²) in [4.78, 5) is 12.1. The molecule has 1 heterocycles. The van der Waals surface area contributed by atoms with Crippen molar-refractivity contribution in [3.8, 4) is 11.3 Å². The van der Waals surface area contributed by atoms with Gasteiger partial charge in [-0.2, -0.15) is 0 Å². The Morgan fingerprint density at radius 1 is 1.00 bits per heavy atom. The van der Waals surface area contributed by atoms with Crippen LogP contribution in [0.5, 0.6) is 0 Å². The van der Waals surface area contributed by atoms with Crippen LogP contribution in [0.4, 0.5) is 0 Å². The molecule has 0 atom stereocenters. The van der Waals surface area contributed by atoms with E-state index in [-0.39, 0.29) is 5.43 Å². The van der Waals surface area contributed by atoms with Crippen LogP contribution in [-0.4, -0.2) is 0 Å². The molecule has 0 amide bonds. The maximum absolute atomic E-state index is 12.1. The highest BCUT2D eigenvalue weighted by Gasteiger charge is 2.08. The van der Waals surface area contributed by atoms with Gasteiger partial charge in [0.15, 0.2) is 5.43 Å². The molecular weight excluding hydrogens is 236 g/mol. The predicted molar refractivity (Wildman–Crippen MR) is 78.0 cm³/mol. The second-order valence-electron chi connectivity index (χ2n) is 4.26. The number of hydrogen-bond acceptors (Lipinski definition) is 2. The molecule has 0 N–H and O–H groups in total. The van der Waals surface area contributed by atoms with Gasteiger partial charge in [0.05, 0.1) is 5.39 Å². The van der Waals surface area contributed by atoms with Gasteiger partial charge in [0.25, 0.3) is 0 Å². The fourth-order valence-electron chi connectivity index (χ4n) is 2.14. The van der Waals surface area contributed by atoms with Crippen molar-refractivity contribution in [3.05, 3.63) is 77.0 Å². The van der Waals surface area contributed by atoms with E-state index in [1.165, 1.54) is 6.07 Å². The van der Waals surface area contributed by atoms with E-state index in [0.29, 0.717) is 16.7 Å². The Morgan fingerprint density at radius 3 is 2.58 bits per heavy atom. The van der Waals surface area contributed by atoms with E-state index in [2.05, 4.69) is 6.58 Å². The van der Waals surface area contributed by atoms with Gasteiger partial charge in [-0.15, -0.1) is 0 Å². The summed E-state index contributed by atoms with van der Waals surface area (Å²) in [6.07, 6.45) is 1.75. The molecule has 0 fully saturated rings. The Morgan fingerprint density at radius 2 is 1.74 bits per heavy atom.